The molecular weight excluding hydrogens is 446 g/mol. The van der Waals surface area contributed by atoms with Crippen LogP contribution in [0.4, 0.5) is 0 Å². The molecule has 0 spiro atoms. The van der Waals surface area contributed by atoms with E-state index in [9.17, 15) is 14.7 Å². The fourth-order valence-electron chi connectivity index (χ4n) is 4.13. The van der Waals surface area contributed by atoms with Crippen LogP contribution in [0.1, 0.15) is 29.7 Å². The van der Waals surface area contributed by atoms with E-state index in [4.69, 9.17) is 14.2 Å². The molecule has 0 radical (unpaired) electrons. The number of benzene rings is 3. The predicted molar refractivity (Wildman–Crippen MR) is 131 cm³/mol. The number of rotatable bonds is 8. The topological polar surface area (TPSA) is 85.3 Å². The molecule has 1 aliphatic rings. The Balaban J connectivity index is 1.79. The Morgan fingerprint density at radius 3 is 1.91 bits per heavy atom. The Hall–Kier alpha value is -4.26. The van der Waals surface area contributed by atoms with Gasteiger partial charge in [-0.1, -0.05) is 24.3 Å². The second-order valence-corrected chi connectivity index (χ2v) is 8.01. The van der Waals surface area contributed by atoms with E-state index >= 15 is 0 Å². The summed E-state index contributed by atoms with van der Waals surface area (Å²) in [6, 6.07) is 20.4. The standard InChI is InChI=1S/C28H27NO6/c1-4-35-23-15-7-19(8-16-23)25-24(26(30)20-9-13-22(34-3)14-10-20)27(31)28(32)29(25)17-18-5-11-21(33-2)12-6-18/h5-16,25,30H,4,17H2,1-3H3/b26-24-. The smallest absolute Gasteiger partial charge is 0.295 e. The lowest BCUT2D eigenvalue weighted by Gasteiger charge is -2.25. The zero-order valence-corrected chi connectivity index (χ0v) is 19.9. The van der Waals surface area contributed by atoms with E-state index in [0.717, 1.165) is 5.56 Å². The van der Waals surface area contributed by atoms with E-state index in [1.54, 1.807) is 62.8 Å². The number of methoxy groups -OCH3 is 2. The molecule has 1 unspecified atom stereocenters. The van der Waals surface area contributed by atoms with Gasteiger partial charge in [-0.15, -0.1) is 0 Å². The van der Waals surface area contributed by atoms with Gasteiger partial charge in [0.1, 0.15) is 23.0 Å². The minimum absolute atomic E-state index is 0.0397. The third kappa shape index (κ3) is 4.84. The second kappa shape index (κ2) is 10.3. The quantitative estimate of drug-likeness (QED) is 0.289. The van der Waals surface area contributed by atoms with Crippen LogP contribution in [0.25, 0.3) is 5.76 Å². The first-order chi connectivity index (χ1) is 17.0. The number of ether oxygens (including phenoxy) is 3. The largest absolute Gasteiger partial charge is 0.507 e. The molecule has 7 heteroatoms. The highest BCUT2D eigenvalue weighted by Crippen LogP contribution is 2.41. The summed E-state index contributed by atoms with van der Waals surface area (Å²) in [7, 11) is 3.13. The van der Waals surface area contributed by atoms with Crippen molar-refractivity contribution in [3.8, 4) is 17.2 Å². The number of Topliss-reactive ketones (excluding diaryl/α,β-unsaturated/α-hetero) is 1. The van der Waals surface area contributed by atoms with Gasteiger partial charge in [0, 0.05) is 12.1 Å². The van der Waals surface area contributed by atoms with Crippen molar-refractivity contribution < 1.29 is 28.9 Å². The molecule has 0 aliphatic carbocycles. The van der Waals surface area contributed by atoms with Crippen molar-refractivity contribution in [2.75, 3.05) is 20.8 Å². The average molecular weight is 474 g/mol. The van der Waals surface area contributed by atoms with E-state index in [1.807, 2.05) is 31.2 Å². The molecule has 3 aromatic carbocycles. The van der Waals surface area contributed by atoms with Crippen LogP contribution >= 0.6 is 0 Å². The molecule has 1 heterocycles. The summed E-state index contributed by atoms with van der Waals surface area (Å²) in [5, 5.41) is 11.2. The molecule has 0 aromatic heterocycles. The molecule has 1 amide bonds. The van der Waals surface area contributed by atoms with Gasteiger partial charge in [0.15, 0.2) is 0 Å². The SMILES string of the molecule is CCOc1ccc(C2/C(=C(/O)c3ccc(OC)cc3)C(=O)C(=O)N2Cc2ccc(OC)cc2)cc1. The van der Waals surface area contributed by atoms with Gasteiger partial charge in [0.2, 0.25) is 0 Å². The minimum atomic E-state index is -0.769. The van der Waals surface area contributed by atoms with Crippen molar-refractivity contribution in [3.05, 3.63) is 95.1 Å². The zero-order chi connectivity index (χ0) is 24.9. The van der Waals surface area contributed by atoms with Crippen LogP contribution in [0, 0.1) is 0 Å². The van der Waals surface area contributed by atoms with E-state index in [-0.39, 0.29) is 17.9 Å². The maximum absolute atomic E-state index is 13.2. The first kappa shape index (κ1) is 23.9. The molecular formula is C28H27NO6. The van der Waals surface area contributed by atoms with Gasteiger partial charge in [0.25, 0.3) is 11.7 Å². The van der Waals surface area contributed by atoms with Gasteiger partial charge in [-0.2, -0.15) is 0 Å². The lowest BCUT2D eigenvalue weighted by Crippen LogP contribution is -2.29. The van der Waals surface area contributed by atoms with Crippen LogP contribution in [0.2, 0.25) is 0 Å². The highest BCUT2D eigenvalue weighted by Gasteiger charge is 2.46. The van der Waals surface area contributed by atoms with Crippen molar-refractivity contribution in [1.29, 1.82) is 0 Å². The van der Waals surface area contributed by atoms with Crippen molar-refractivity contribution in [2.45, 2.75) is 19.5 Å². The van der Waals surface area contributed by atoms with Gasteiger partial charge in [0.05, 0.1) is 32.4 Å². The molecule has 1 N–H and O–H groups in total. The Morgan fingerprint density at radius 2 is 1.37 bits per heavy atom. The van der Waals surface area contributed by atoms with E-state index in [0.29, 0.717) is 35.0 Å². The fraction of sp³-hybridized carbons (Fsp3) is 0.214. The number of carbonyl (C=O) groups is 2. The lowest BCUT2D eigenvalue weighted by atomic mass is 9.95. The van der Waals surface area contributed by atoms with Crippen LogP contribution in [0.5, 0.6) is 17.2 Å². The molecule has 1 fully saturated rings. The van der Waals surface area contributed by atoms with Crippen molar-refractivity contribution in [2.24, 2.45) is 0 Å². The molecule has 35 heavy (non-hydrogen) atoms. The van der Waals surface area contributed by atoms with Gasteiger partial charge in [-0.05, 0) is 66.6 Å². The summed E-state index contributed by atoms with van der Waals surface area (Å²) < 4.78 is 15.9. The summed E-state index contributed by atoms with van der Waals surface area (Å²) in [6.07, 6.45) is 0. The lowest BCUT2D eigenvalue weighted by molar-refractivity contribution is -0.140. The van der Waals surface area contributed by atoms with Crippen molar-refractivity contribution >= 4 is 17.4 Å². The van der Waals surface area contributed by atoms with Crippen molar-refractivity contribution in [3.63, 3.8) is 0 Å². The number of hydrogen-bond donors (Lipinski definition) is 1. The van der Waals surface area contributed by atoms with Crippen LogP contribution < -0.4 is 14.2 Å². The molecule has 3 aromatic rings. The molecule has 0 saturated carbocycles. The number of amides is 1. The molecule has 7 nitrogen and oxygen atoms in total. The first-order valence-electron chi connectivity index (χ1n) is 11.2. The summed E-state index contributed by atoms with van der Waals surface area (Å²) in [5.41, 5.74) is 1.98. The third-order valence-corrected chi connectivity index (χ3v) is 5.92. The number of ketones is 1. The summed E-state index contributed by atoms with van der Waals surface area (Å²) in [6.45, 7) is 2.60. The zero-order valence-electron chi connectivity index (χ0n) is 19.9. The van der Waals surface area contributed by atoms with Gasteiger partial charge in [-0.25, -0.2) is 0 Å². The third-order valence-electron chi connectivity index (χ3n) is 5.92. The van der Waals surface area contributed by atoms with Crippen LogP contribution in [-0.2, 0) is 16.1 Å². The van der Waals surface area contributed by atoms with Gasteiger partial charge in [-0.3, -0.25) is 9.59 Å². The number of nitrogens with zero attached hydrogens (tertiary/aromatic N) is 1. The predicted octanol–water partition coefficient (Wildman–Crippen LogP) is 4.72. The monoisotopic (exact) mass is 473 g/mol. The van der Waals surface area contributed by atoms with Crippen molar-refractivity contribution in [1.82, 2.24) is 4.90 Å². The Morgan fingerprint density at radius 1 is 0.829 bits per heavy atom. The molecule has 1 aliphatic heterocycles. The summed E-state index contributed by atoms with van der Waals surface area (Å²) in [5.74, 6) is 0.351. The highest BCUT2D eigenvalue weighted by molar-refractivity contribution is 6.46. The highest BCUT2D eigenvalue weighted by atomic mass is 16.5. The van der Waals surface area contributed by atoms with E-state index < -0.39 is 17.7 Å². The van der Waals surface area contributed by atoms with Gasteiger partial charge < -0.3 is 24.2 Å². The number of aliphatic hydroxyl groups excluding tert-OH is 1. The molecule has 0 bridgehead atoms. The molecule has 1 saturated heterocycles. The number of hydrogen-bond acceptors (Lipinski definition) is 6. The van der Waals surface area contributed by atoms with E-state index in [1.165, 1.54) is 4.90 Å². The Bertz CT molecular complexity index is 1230. The maximum Gasteiger partial charge on any atom is 0.295 e. The Kier molecular flexibility index (Phi) is 7.06. The maximum atomic E-state index is 13.2. The van der Waals surface area contributed by atoms with Gasteiger partial charge >= 0.3 is 0 Å². The number of likely N-dealkylation sites (tertiary alicyclic amines) is 1. The molecule has 4 rings (SSSR count). The Labute approximate surface area is 204 Å². The van der Waals surface area contributed by atoms with Crippen LogP contribution in [0.15, 0.2) is 78.4 Å². The summed E-state index contributed by atoms with van der Waals surface area (Å²) >= 11 is 0. The first-order valence-corrected chi connectivity index (χ1v) is 11.2. The normalized spacial score (nSPS) is 16.9. The molecule has 180 valence electrons. The average Bonchev–Trinajstić information content (AvgIpc) is 3.14. The minimum Gasteiger partial charge on any atom is -0.507 e. The summed E-state index contributed by atoms with van der Waals surface area (Å²) in [4.78, 5) is 27.9. The van der Waals surface area contributed by atoms with Crippen LogP contribution in [0.3, 0.4) is 0 Å². The van der Waals surface area contributed by atoms with Crippen LogP contribution in [-0.4, -0.2) is 42.5 Å². The van der Waals surface area contributed by atoms with E-state index in [2.05, 4.69) is 0 Å². The molecule has 1 atom stereocenters. The number of aliphatic hydroxyl groups is 1. The number of carbonyl (C=O) groups excluding carboxylic acids is 2. The second-order valence-electron chi connectivity index (χ2n) is 8.01. The fourth-order valence-corrected chi connectivity index (χ4v) is 4.13.